The van der Waals surface area contributed by atoms with Crippen LogP contribution in [0.15, 0.2) is 28.7 Å². The van der Waals surface area contributed by atoms with Gasteiger partial charge in [-0.2, -0.15) is 0 Å². The van der Waals surface area contributed by atoms with Crippen LogP contribution in [0.25, 0.3) is 11.0 Å². The van der Waals surface area contributed by atoms with E-state index in [2.05, 4.69) is 5.32 Å². The van der Waals surface area contributed by atoms with Crippen LogP contribution in [0.1, 0.15) is 43.3 Å². The van der Waals surface area contributed by atoms with Gasteiger partial charge in [-0.25, -0.2) is 0 Å². The second-order valence-electron chi connectivity index (χ2n) is 5.93. The van der Waals surface area contributed by atoms with E-state index < -0.39 is 5.91 Å². The van der Waals surface area contributed by atoms with E-state index in [-0.39, 0.29) is 11.7 Å². The Kier molecular flexibility index (Phi) is 3.42. The van der Waals surface area contributed by atoms with Crippen LogP contribution in [0, 0.1) is 6.92 Å². The van der Waals surface area contributed by atoms with Crippen molar-refractivity contribution in [3.63, 3.8) is 0 Å². The summed E-state index contributed by atoms with van der Waals surface area (Å²) in [5, 5.41) is 4.26. The number of rotatable bonds is 3. The number of nitrogens with two attached hydrogens (primary N) is 1. The third-order valence-electron chi connectivity index (χ3n) is 4.44. The number of primary amides is 1. The Morgan fingerprint density at radius 2 is 2.04 bits per heavy atom. The molecular formula is C18H16N2O3S. The van der Waals surface area contributed by atoms with Gasteiger partial charge in [-0.05, 0) is 37.8 Å². The van der Waals surface area contributed by atoms with Crippen molar-refractivity contribution in [3.05, 3.63) is 51.6 Å². The van der Waals surface area contributed by atoms with Crippen LogP contribution in [0.2, 0.25) is 0 Å². The number of carbonyl (C=O) groups excluding carboxylic acids is 2. The van der Waals surface area contributed by atoms with E-state index in [0.717, 1.165) is 40.7 Å². The lowest BCUT2D eigenvalue weighted by Gasteiger charge is -2.05. The van der Waals surface area contributed by atoms with Gasteiger partial charge in [0.1, 0.15) is 10.6 Å². The molecule has 2 aromatic heterocycles. The highest BCUT2D eigenvalue weighted by Gasteiger charge is 2.27. The lowest BCUT2D eigenvalue weighted by atomic mass is 10.1. The van der Waals surface area contributed by atoms with Crippen LogP contribution < -0.4 is 11.1 Å². The Morgan fingerprint density at radius 3 is 2.79 bits per heavy atom. The molecule has 0 aliphatic heterocycles. The molecule has 0 fully saturated rings. The van der Waals surface area contributed by atoms with Crippen molar-refractivity contribution in [2.75, 3.05) is 5.32 Å². The van der Waals surface area contributed by atoms with Crippen molar-refractivity contribution >= 4 is 39.1 Å². The Labute approximate surface area is 142 Å². The van der Waals surface area contributed by atoms with Crippen LogP contribution in [-0.2, 0) is 12.8 Å². The number of aryl methyl sites for hydroxylation is 2. The van der Waals surface area contributed by atoms with E-state index >= 15 is 0 Å². The Morgan fingerprint density at radius 1 is 1.25 bits per heavy atom. The van der Waals surface area contributed by atoms with Crippen molar-refractivity contribution in [2.24, 2.45) is 5.73 Å². The number of para-hydroxylation sites is 1. The van der Waals surface area contributed by atoms with E-state index in [0.29, 0.717) is 16.1 Å². The van der Waals surface area contributed by atoms with E-state index in [9.17, 15) is 9.59 Å². The molecule has 0 saturated carbocycles. The van der Waals surface area contributed by atoms with Gasteiger partial charge in [-0.15, -0.1) is 11.3 Å². The maximum atomic E-state index is 12.7. The molecule has 1 aliphatic carbocycles. The minimum Gasteiger partial charge on any atom is -0.451 e. The molecule has 0 spiro atoms. The SMILES string of the molecule is Cc1c(C(=O)Nc2sc3c(c2C(N)=O)CCC3)oc2ccccc12. The highest BCUT2D eigenvalue weighted by Crippen LogP contribution is 2.39. The second kappa shape index (κ2) is 5.49. The molecule has 122 valence electrons. The summed E-state index contributed by atoms with van der Waals surface area (Å²) in [6, 6.07) is 7.51. The molecule has 3 N–H and O–H groups in total. The van der Waals surface area contributed by atoms with Crippen molar-refractivity contribution < 1.29 is 14.0 Å². The number of anilines is 1. The lowest BCUT2D eigenvalue weighted by molar-refractivity contribution is 0.0998. The summed E-state index contributed by atoms with van der Waals surface area (Å²) in [4.78, 5) is 25.6. The van der Waals surface area contributed by atoms with E-state index in [1.165, 1.54) is 11.3 Å². The lowest BCUT2D eigenvalue weighted by Crippen LogP contribution is -2.18. The van der Waals surface area contributed by atoms with Crippen LogP contribution in [0.4, 0.5) is 5.00 Å². The van der Waals surface area contributed by atoms with Gasteiger partial charge < -0.3 is 15.5 Å². The zero-order chi connectivity index (χ0) is 16.8. The van der Waals surface area contributed by atoms with E-state index in [1.54, 1.807) is 0 Å². The molecule has 0 atom stereocenters. The van der Waals surface area contributed by atoms with Crippen molar-refractivity contribution in [1.82, 2.24) is 0 Å². The summed E-state index contributed by atoms with van der Waals surface area (Å²) in [6.45, 7) is 1.85. The average Bonchev–Trinajstić information content (AvgIpc) is 3.20. The maximum absolute atomic E-state index is 12.7. The van der Waals surface area contributed by atoms with Crippen LogP contribution in [-0.4, -0.2) is 11.8 Å². The first kappa shape index (κ1) is 15.0. The molecule has 0 radical (unpaired) electrons. The number of carbonyl (C=O) groups is 2. The summed E-state index contributed by atoms with van der Waals surface area (Å²) >= 11 is 1.44. The van der Waals surface area contributed by atoms with Gasteiger partial charge in [0.05, 0.1) is 5.56 Å². The largest absolute Gasteiger partial charge is 0.451 e. The van der Waals surface area contributed by atoms with Gasteiger partial charge in [0.25, 0.3) is 11.8 Å². The predicted molar refractivity (Wildman–Crippen MR) is 93.8 cm³/mol. The maximum Gasteiger partial charge on any atom is 0.292 e. The van der Waals surface area contributed by atoms with Crippen LogP contribution in [0.5, 0.6) is 0 Å². The number of hydrogen-bond donors (Lipinski definition) is 2. The Hall–Kier alpha value is -2.60. The minimum absolute atomic E-state index is 0.264. The fourth-order valence-electron chi connectivity index (χ4n) is 3.30. The number of fused-ring (bicyclic) bond motifs is 2. The summed E-state index contributed by atoms with van der Waals surface area (Å²) in [6.07, 6.45) is 2.79. The molecule has 4 rings (SSSR count). The molecule has 0 bridgehead atoms. The number of thiophene rings is 1. The Bertz CT molecular complexity index is 984. The molecule has 0 saturated heterocycles. The summed E-state index contributed by atoms with van der Waals surface area (Å²) < 4.78 is 5.69. The van der Waals surface area contributed by atoms with Gasteiger partial charge in [0, 0.05) is 15.8 Å². The predicted octanol–water partition coefficient (Wildman–Crippen LogP) is 3.64. The fourth-order valence-corrected chi connectivity index (χ4v) is 4.59. The summed E-state index contributed by atoms with van der Waals surface area (Å²) in [5.41, 5.74) is 8.43. The van der Waals surface area contributed by atoms with Gasteiger partial charge in [-0.1, -0.05) is 18.2 Å². The first-order valence-corrected chi connectivity index (χ1v) is 8.61. The molecule has 5 nitrogen and oxygen atoms in total. The molecule has 1 aliphatic rings. The Balaban J connectivity index is 1.72. The highest BCUT2D eigenvalue weighted by atomic mass is 32.1. The first-order chi connectivity index (χ1) is 11.6. The summed E-state index contributed by atoms with van der Waals surface area (Å²) in [5.74, 6) is -0.586. The number of amides is 2. The van der Waals surface area contributed by atoms with Gasteiger partial charge in [0.15, 0.2) is 5.76 Å². The number of benzene rings is 1. The molecule has 2 amide bonds. The summed E-state index contributed by atoms with van der Waals surface area (Å²) in [7, 11) is 0. The zero-order valence-corrected chi connectivity index (χ0v) is 14.0. The van der Waals surface area contributed by atoms with Crippen LogP contribution >= 0.6 is 11.3 Å². The number of furan rings is 1. The first-order valence-electron chi connectivity index (χ1n) is 7.80. The number of nitrogens with one attached hydrogen (secondary N) is 1. The van der Waals surface area contributed by atoms with Crippen molar-refractivity contribution in [1.29, 1.82) is 0 Å². The van der Waals surface area contributed by atoms with Gasteiger partial charge >= 0.3 is 0 Å². The normalized spacial score (nSPS) is 13.2. The fraction of sp³-hybridized carbons (Fsp3) is 0.222. The quantitative estimate of drug-likeness (QED) is 0.763. The smallest absolute Gasteiger partial charge is 0.292 e. The van der Waals surface area contributed by atoms with E-state index in [1.807, 2.05) is 31.2 Å². The zero-order valence-electron chi connectivity index (χ0n) is 13.1. The van der Waals surface area contributed by atoms with Crippen molar-refractivity contribution in [3.8, 4) is 0 Å². The molecule has 24 heavy (non-hydrogen) atoms. The highest BCUT2D eigenvalue weighted by molar-refractivity contribution is 7.17. The molecular weight excluding hydrogens is 324 g/mol. The molecule has 1 aromatic carbocycles. The second-order valence-corrected chi connectivity index (χ2v) is 7.04. The molecule has 6 heteroatoms. The molecule has 2 heterocycles. The topological polar surface area (TPSA) is 85.3 Å². The van der Waals surface area contributed by atoms with Crippen LogP contribution in [0.3, 0.4) is 0 Å². The van der Waals surface area contributed by atoms with Crippen molar-refractivity contribution in [2.45, 2.75) is 26.2 Å². The standard InChI is InChI=1S/C18H16N2O3S/c1-9-10-5-2-3-7-12(10)23-15(9)17(22)20-18-14(16(19)21)11-6-4-8-13(11)24-18/h2-3,5,7H,4,6,8H2,1H3,(H2,19,21)(H,20,22). The molecule has 3 aromatic rings. The number of hydrogen-bond acceptors (Lipinski definition) is 4. The third kappa shape index (κ3) is 2.22. The minimum atomic E-state index is -0.494. The van der Waals surface area contributed by atoms with Gasteiger partial charge in [0.2, 0.25) is 0 Å². The third-order valence-corrected chi connectivity index (χ3v) is 5.65. The van der Waals surface area contributed by atoms with Gasteiger partial charge in [-0.3, -0.25) is 9.59 Å². The monoisotopic (exact) mass is 340 g/mol. The van der Waals surface area contributed by atoms with E-state index in [4.69, 9.17) is 10.2 Å². The average molecular weight is 340 g/mol. The molecule has 0 unspecified atom stereocenters.